The first-order chi connectivity index (χ1) is 4.12. The standard InChI is InChI=1S/C4H11NO3S.Na.H/c1-5-3-4-9(6,7)8-2;;/h5H,3-4H2,1-2H3;;. The van der Waals surface area contributed by atoms with Crippen molar-refractivity contribution in [2.24, 2.45) is 0 Å². The second kappa shape index (κ2) is 6.57. The number of hydrogen-bond donors (Lipinski definition) is 1. The molecule has 0 unspecified atom stereocenters. The molecule has 0 radical (unpaired) electrons. The molecule has 0 aromatic heterocycles. The number of nitrogens with one attached hydrogen (secondary N) is 1. The number of hydrogen-bond acceptors (Lipinski definition) is 4. The van der Waals surface area contributed by atoms with Crippen molar-refractivity contribution in [3.63, 3.8) is 0 Å². The molecule has 58 valence electrons. The van der Waals surface area contributed by atoms with Crippen LogP contribution in [0.3, 0.4) is 0 Å². The predicted molar refractivity (Wildman–Crippen MR) is 41.9 cm³/mol. The first kappa shape index (κ1) is 13.5. The van der Waals surface area contributed by atoms with Crippen LogP contribution >= 0.6 is 0 Å². The van der Waals surface area contributed by atoms with Gasteiger partial charge in [0, 0.05) is 6.54 Å². The van der Waals surface area contributed by atoms with E-state index in [2.05, 4.69) is 9.50 Å². The molecule has 0 heterocycles. The Hall–Kier alpha value is 0.870. The fourth-order valence-electron chi connectivity index (χ4n) is 0.310. The van der Waals surface area contributed by atoms with Crippen LogP contribution in [-0.2, 0) is 14.3 Å². The van der Waals surface area contributed by atoms with Gasteiger partial charge in [-0.2, -0.15) is 8.42 Å². The molecule has 0 aliphatic heterocycles. The molecular weight excluding hydrogens is 165 g/mol. The van der Waals surface area contributed by atoms with Crippen molar-refractivity contribution in [2.75, 3.05) is 26.5 Å². The van der Waals surface area contributed by atoms with Gasteiger partial charge in [-0.25, -0.2) is 0 Å². The molecule has 1 N–H and O–H groups in total. The Labute approximate surface area is 83.7 Å². The fourth-order valence-corrected chi connectivity index (χ4v) is 0.931. The Morgan fingerprint density at radius 1 is 1.50 bits per heavy atom. The van der Waals surface area contributed by atoms with Gasteiger partial charge in [0.15, 0.2) is 0 Å². The molecular formula is C4H12NNaO3S. The average molecular weight is 177 g/mol. The summed E-state index contributed by atoms with van der Waals surface area (Å²) in [6, 6.07) is 0. The van der Waals surface area contributed by atoms with Gasteiger partial charge in [-0.1, -0.05) is 0 Å². The number of rotatable bonds is 4. The van der Waals surface area contributed by atoms with E-state index < -0.39 is 10.1 Å². The van der Waals surface area contributed by atoms with Gasteiger partial charge in [-0.05, 0) is 7.05 Å². The zero-order valence-electron chi connectivity index (χ0n) is 5.55. The zero-order valence-corrected chi connectivity index (χ0v) is 6.36. The van der Waals surface area contributed by atoms with Gasteiger partial charge in [-0.3, -0.25) is 4.18 Å². The molecule has 6 heteroatoms. The van der Waals surface area contributed by atoms with E-state index in [1.807, 2.05) is 0 Å². The second-order valence-electron chi connectivity index (χ2n) is 1.53. The molecule has 0 saturated carbocycles. The molecule has 0 saturated heterocycles. The van der Waals surface area contributed by atoms with E-state index in [1.165, 1.54) is 0 Å². The van der Waals surface area contributed by atoms with Crippen LogP contribution in [0, 0.1) is 0 Å². The summed E-state index contributed by atoms with van der Waals surface area (Å²) in [5, 5.41) is 2.70. The van der Waals surface area contributed by atoms with Crippen LogP contribution in [0.4, 0.5) is 0 Å². The fraction of sp³-hybridized carbons (Fsp3) is 1.00. The summed E-state index contributed by atoms with van der Waals surface area (Å²) < 4.78 is 25.2. The van der Waals surface area contributed by atoms with Crippen molar-refractivity contribution in [2.45, 2.75) is 0 Å². The van der Waals surface area contributed by atoms with E-state index >= 15 is 0 Å². The van der Waals surface area contributed by atoms with Gasteiger partial charge in [0.25, 0.3) is 10.1 Å². The van der Waals surface area contributed by atoms with Crippen molar-refractivity contribution < 1.29 is 12.6 Å². The van der Waals surface area contributed by atoms with Crippen molar-refractivity contribution in [1.29, 1.82) is 0 Å². The first-order valence-electron chi connectivity index (χ1n) is 2.55. The zero-order chi connectivity index (χ0) is 7.33. The topological polar surface area (TPSA) is 55.4 Å². The van der Waals surface area contributed by atoms with E-state index in [9.17, 15) is 8.42 Å². The molecule has 10 heavy (non-hydrogen) atoms. The third-order valence-corrected chi connectivity index (χ3v) is 2.07. The molecule has 0 fully saturated rings. The van der Waals surface area contributed by atoms with Crippen LogP contribution in [0.25, 0.3) is 0 Å². The minimum absolute atomic E-state index is 0. The summed E-state index contributed by atoms with van der Waals surface area (Å²) in [5.41, 5.74) is 0. The summed E-state index contributed by atoms with van der Waals surface area (Å²) >= 11 is 0. The monoisotopic (exact) mass is 177 g/mol. The van der Waals surface area contributed by atoms with Crippen molar-refractivity contribution in [1.82, 2.24) is 5.32 Å². The molecule has 0 aromatic carbocycles. The molecule has 0 rings (SSSR count). The Kier molecular flexibility index (Phi) is 8.85. The Morgan fingerprint density at radius 2 is 2.00 bits per heavy atom. The van der Waals surface area contributed by atoms with Crippen LogP contribution in [0.2, 0.25) is 0 Å². The van der Waals surface area contributed by atoms with Crippen LogP contribution in [0.1, 0.15) is 0 Å². The van der Waals surface area contributed by atoms with Crippen LogP contribution in [-0.4, -0.2) is 64.4 Å². The summed E-state index contributed by atoms with van der Waals surface area (Å²) in [4.78, 5) is 0. The quantitative estimate of drug-likeness (QED) is 0.421. The van der Waals surface area contributed by atoms with Crippen molar-refractivity contribution >= 4 is 39.7 Å². The second-order valence-corrected chi connectivity index (χ2v) is 3.39. The van der Waals surface area contributed by atoms with E-state index in [1.54, 1.807) is 7.05 Å². The van der Waals surface area contributed by atoms with E-state index in [0.717, 1.165) is 7.11 Å². The third kappa shape index (κ3) is 6.98. The van der Waals surface area contributed by atoms with E-state index in [4.69, 9.17) is 0 Å². The Bertz CT molecular complexity index is 156. The molecule has 0 bridgehead atoms. The van der Waals surface area contributed by atoms with Crippen LogP contribution in [0.5, 0.6) is 0 Å². The molecule has 4 nitrogen and oxygen atoms in total. The third-order valence-electron chi connectivity index (χ3n) is 0.856. The molecule has 0 aliphatic rings. The summed E-state index contributed by atoms with van der Waals surface area (Å²) in [7, 11) is -0.401. The van der Waals surface area contributed by atoms with Crippen molar-refractivity contribution in [3.05, 3.63) is 0 Å². The summed E-state index contributed by atoms with van der Waals surface area (Å²) in [6.07, 6.45) is 0. The molecule has 0 spiro atoms. The maximum atomic E-state index is 10.5. The van der Waals surface area contributed by atoms with Gasteiger partial charge in [0.05, 0.1) is 12.9 Å². The average Bonchev–Trinajstić information content (AvgIpc) is 1.84. The maximum absolute atomic E-state index is 10.5. The minimum atomic E-state index is -3.24. The van der Waals surface area contributed by atoms with Gasteiger partial charge >= 0.3 is 29.6 Å². The molecule has 0 atom stereocenters. The van der Waals surface area contributed by atoms with Gasteiger partial charge in [0.1, 0.15) is 0 Å². The molecule has 0 amide bonds. The van der Waals surface area contributed by atoms with Crippen molar-refractivity contribution in [3.8, 4) is 0 Å². The first-order valence-corrected chi connectivity index (χ1v) is 4.13. The summed E-state index contributed by atoms with van der Waals surface area (Å²) in [6.45, 7) is 0.427. The summed E-state index contributed by atoms with van der Waals surface area (Å²) in [5.74, 6) is 0.0278. The van der Waals surface area contributed by atoms with Gasteiger partial charge in [-0.15, -0.1) is 0 Å². The van der Waals surface area contributed by atoms with Crippen LogP contribution < -0.4 is 5.32 Å². The van der Waals surface area contributed by atoms with Gasteiger partial charge in [0.2, 0.25) is 0 Å². The van der Waals surface area contributed by atoms with E-state index in [-0.39, 0.29) is 35.3 Å². The molecule has 0 aromatic rings. The van der Waals surface area contributed by atoms with E-state index in [0.29, 0.717) is 6.54 Å². The van der Waals surface area contributed by atoms with Gasteiger partial charge < -0.3 is 5.32 Å². The van der Waals surface area contributed by atoms with Crippen LogP contribution in [0.15, 0.2) is 0 Å². The normalized spacial score (nSPS) is 10.6. The Balaban J connectivity index is 0. The Morgan fingerprint density at radius 3 is 2.30 bits per heavy atom. The SMILES string of the molecule is CNCCS(=O)(=O)OC.[NaH]. The predicted octanol–water partition coefficient (Wildman–Crippen LogP) is -1.47. The molecule has 0 aliphatic carbocycles.